The zero-order chi connectivity index (χ0) is 20.7. The normalized spacial score (nSPS) is 10.3. The van der Waals surface area contributed by atoms with Crippen LogP contribution in [0.25, 0.3) is 0 Å². The first-order valence-electron chi connectivity index (χ1n) is 9.05. The van der Waals surface area contributed by atoms with Gasteiger partial charge in [-0.25, -0.2) is 0 Å². The minimum Gasteiger partial charge on any atom is -0.376 e. The molecular formula is C21H26N4O3. The van der Waals surface area contributed by atoms with Gasteiger partial charge in [0.05, 0.1) is 6.54 Å². The van der Waals surface area contributed by atoms with Gasteiger partial charge in [0.2, 0.25) is 17.7 Å². The van der Waals surface area contributed by atoms with Crippen LogP contribution in [0, 0.1) is 5.92 Å². The maximum Gasteiger partial charge on any atom is 0.243 e. The number of amides is 3. The average Bonchev–Trinajstić information content (AvgIpc) is 2.66. The van der Waals surface area contributed by atoms with E-state index in [1.54, 1.807) is 49.5 Å². The molecule has 0 fully saturated rings. The number of hydrogen-bond donors (Lipinski definition) is 3. The zero-order valence-electron chi connectivity index (χ0n) is 16.6. The second-order valence-corrected chi connectivity index (χ2v) is 6.75. The van der Waals surface area contributed by atoms with Crippen molar-refractivity contribution >= 4 is 40.5 Å². The van der Waals surface area contributed by atoms with Gasteiger partial charge in [-0.05, 0) is 42.5 Å². The van der Waals surface area contributed by atoms with Gasteiger partial charge in [0.1, 0.15) is 0 Å². The van der Waals surface area contributed by atoms with Gasteiger partial charge < -0.3 is 20.9 Å². The Morgan fingerprint density at radius 2 is 1.57 bits per heavy atom. The predicted octanol–water partition coefficient (Wildman–Crippen LogP) is 3.31. The number of benzene rings is 2. The topological polar surface area (TPSA) is 90.5 Å². The molecule has 0 unspecified atom stereocenters. The molecule has 0 heterocycles. The lowest BCUT2D eigenvalue weighted by Crippen LogP contribution is -2.23. The minimum absolute atomic E-state index is 0.0613. The summed E-state index contributed by atoms with van der Waals surface area (Å²) in [6, 6.07) is 14.2. The van der Waals surface area contributed by atoms with Crippen molar-refractivity contribution in [3.63, 3.8) is 0 Å². The first kappa shape index (κ1) is 21.0. The Morgan fingerprint density at radius 3 is 2.18 bits per heavy atom. The fraction of sp³-hybridized carbons (Fsp3) is 0.286. The molecule has 0 aliphatic rings. The summed E-state index contributed by atoms with van der Waals surface area (Å²) in [6.07, 6.45) is 0. The van der Waals surface area contributed by atoms with Crippen molar-refractivity contribution in [2.45, 2.75) is 20.8 Å². The van der Waals surface area contributed by atoms with Crippen LogP contribution in [0.3, 0.4) is 0 Å². The van der Waals surface area contributed by atoms with Crippen LogP contribution < -0.4 is 20.9 Å². The quantitative estimate of drug-likeness (QED) is 0.685. The van der Waals surface area contributed by atoms with Crippen LogP contribution in [0.2, 0.25) is 0 Å². The summed E-state index contributed by atoms with van der Waals surface area (Å²) in [4.78, 5) is 36.8. The Labute approximate surface area is 165 Å². The van der Waals surface area contributed by atoms with Crippen molar-refractivity contribution in [3.05, 3.63) is 48.5 Å². The molecule has 0 saturated carbocycles. The summed E-state index contributed by atoms with van der Waals surface area (Å²) in [7, 11) is 1.69. The largest absolute Gasteiger partial charge is 0.376 e. The molecule has 0 aliphatic heterocycles. The molecule has 2 aromatic carbocycles. The molecule has 3 amide bonds. The van der Waals surface area contributed by atoms with Gasteiger partial charge in [-0.2, -0.15) is 0 Å². The summed E-state index contributed by atoms with van der Waals surface area (Å²) in [5.74, 6) is -0.435. The van der Waals surface area contributed by atoms with E-state index in [1.807, 2.05) is 19.9 Å². The van der Waals surface area contributed by atoms with Crippen molar-refractivity contribution in [2.24, 2.45) is 5.92 Å². The van der Waals surface area contributed by atoms with Crippen LogP contribution in [0.1, 0.15) is 20.8 Å². The van der Waals surface area contributed by atoms with Gasteiger partial charge in [0, 0.05) is 42.6 Å². The van der Waals surface area contributed by atoms with Gasteiger partial charge in [0.25, 0.3) is 0 Å². The number of nitrogens with one attached hydrogen (secondary N) is 3. The van der Waals surface area contributed by atoms with E-state index in [1.165, 1.54) is 11.8 Å². The molecule has 0 spiro atoms. The molecule has 3 N–H and O–H groups in total. The molecule has 0 bridgehead atoms. The van der Waals surface area contributed by atoms with Gasteiger partial charge in [-0.15, -0.1) is 0 Å². The Hall–Kier alpha value is -3.35. The number of carbonyl (C=O) groups is 3. The third-order valence-corrected chi connectivity index (χ3v) is 4.12. The summed E-state index contributed by atoms with van der Waals surface area (Å²) in [6.45, 7) is 5.22. The second kappa shape index (κ2) is 9.55. The summed E-state index contributed by atoms with van der Waals surface area (Å²) in [5.41, 5.74) is 2.80. The van der Waals surface area contributed by atoms with Gasteiger partial charge in [-0.1, -0.05) is 19.9 Å². The second-order valence-electron chi connectivity index (χ2n) is 6.75. The van der Waals surface area contributed by atoms with E-state index in [2.05, 4.69) is 16.0 Å². The van der Waals surface area contributed by atoms with E-state index in [9.17, 15) is 14.4 Å². The van der Waals surface area contributed by atoms with Crippen LogP contribution in [0.5, 0.6) is 0 Å². The predicted molar refractivity (Wildman–Crippen MR) is 113 cm³/mol. The van der Waals surface area contributed by atoms with E-state index in [-0.39, 0.29) is 30.2 Å². The molecule has 2 aromatic rings. The smallest absolute Gasteiger partial charge is 0.243 e. The lowest BCUT2D eigenvalue weighted by Gasteiger charge is -2.15. The molecule has 7 nitrogen and oxygen atoms in total. The van der Waals surface area contributed by atoms with Crippen LogP contribution in [-0.4, -0.2) is 31.3 Å². The molecule has 28 heavy (non-hydrogen) atoms. The highest BCUT2D eigenvalue weighted by Gasteiger charge is 2.09. The van der Waals surface area contributed by atoms with E-state index >= 15 is 0 Å². The van der Waals surface area contributed by atoms with Gasteiger partial charge in [-0.3, -0.25) is 14.4 Å². The Balaban J connectivity index is 1.89. The maximum absolute atomic E-state index is 12.2. The van der Waals surface area contributed by atoms with Crippen LogP contribution >= 0.6 is 0 Å². The highest BCUT2D eigenvalue weighted by atomic mass is 16.2. The minimum atomic E-state index is -0.204. The van der Waals surface area contributed by atoms with Crippen molar-refractivity contribution in [3.8, 4) is 0 Å². The number of carbonyl (C=O) groups excluding carboxylic acids is 3. The molecule has 7 heteroatoms. The molecule has 0 atom stereocenters. The summed E-state index contributed by atoms with van der Waals surface area (Å²) in [5, 5.41) is 8.65. The number of hydrogen-bond acceptors (Lipinski definition) is 4. The SMILES string of the molecule is CC(=O)N(C)c1ccc(NC(=O)CNc2cccc(NC(=O)C(C)C)c2)cc1. The van der Waals surface area contributed by atoms with Crippen molar-refractivity contribution < 1.29 is 14.4 Å². The number of anilines is 4. The van der Waals surface area contributed by atoms with Gasteiger partial charge >= 0.3 is 0 Å². The lowest BCUT2D eigenvalue weighted by atomic mass is 10.2. The lowest BCUT2D eigenvalue weighted by molar-refractivity contribution is -0.119. The molecular weight excluding hydrogens is 356 g/mol. The first-order chi connectivity index (χ1) is 13.3. The maximum atomic E-state index is 12.2. The molecule has 0 aromatic heterocycles. The summed E-state index contributed by atoms with van der Waals surface area (Å²) < 4.78 is 0. The Kier molecular flexibility index (Phi) is 7.14. The third kappa shape index (κ3) is 6.12. The number of rotatable bonds is 7. The van der Waals surface area contributed by atoms with Crippen molar-refractivity contribution in [2.75, 3.05) is 34.4 Å². The average molecular weight is 382 g/mol. The first-order valence-corrected chi connectivity index (χ1v) is 9.05. The van der Waals surface area contributed by atoms with Crippen LogP contribution in [-0.2, 0) is 14.4 Å². The van der Waals surface area contributed by atoms with E-state index in [4.69, 9.17) is 0 Å². The Bertz CT molecular complexity index is 847. The molecule has 148 valence electrons. The highest BCUT2D eigenvalue weighted by molar-refractivity contribution is 5.95. The standard InChI is InChI=1S/C21H26N4O3/c1-14(2)21(28)24-18-7-5-6-17(12-18)22-13-20(27)23-16-8-10-19(11-9-16)25(4)15(3)26/h5-12,14,22H,13H2,1-4H3,(H,23,27)(H,24,28). The van der Waals surface area contributed by atoms with Crippen LogP contribution in [0.15, 0.2) is 48.5 Å². The van der Waals surface area contributed by atoms with Gasteiger partial charge in [0.15, 0.2) is 0 Å². The monoisotopic (exact) mass is 382 g/mol. The third-order valence-electron chi connectivity index (χ3n) is 4.12. The number of nitrogens with zero attached hydrogens (tertiary/aromatic N) is 1. The molecule has 0 aliphatic carbocycles. The zero-order valence-corrected chi connectivity index (χ0v) is 16.6. The molecule has 0 radical (unpaired) electrons. The summed E-state index contributed by atoms with van der Waals surface area (Å²) >= 11 is 0. The molecule has 0 saturated heterocycles. The highest BCUT2D eigenvalue weighted by Crippen LogP contribution is 2.18. The van der Waals surface area contributed by atoms with E-state index < -0.39 is 0 Å². The molecule has 2 rings (SSSR count). The van der Waals surface area contributed by atoms with E-state index in [0.29, 0.717) is 11.4 Å². The van der Waals surface area contributed by atoms with Crippen LogP contribution in [0.4, 0.5) is 22.7 Å². The fourth-order valence-electron chi connectivity index (χ4n) is 2.33. The van der Waals surface area contributed by atoms with Crippen molar-refractivity contribution in [1.29, 1.82) is 0 Å². The van der Waals surface area contributed by atoms with E-state index in [0.717, 1.165) is 11.4 Å². The Morgan fingerprint density at radius 1 is 0.929 bits per heavy atom. The van der Waals surface area contributed by atoms with Crippen molar-refractivity contribution in [1.82, 2.24) is 0 Å². The fourth-order valence-corrected chi connectivity index (χ4v) is 2.33.